The molecule has 6 nitrogen and oxygen atoms in total. The molecule has 0 radical (unpaired) electrons. The highest BCUT2D eigenvalue weighted by atomic mass is 32.2. The van der Waals surface area contributed by atoms with Crippen LogP contribution in [-0.2, 0) is 11.2 Å². The van der Waals surface area contributed by atoms with Crippen molar-refractivity contribution in [3.63, 3.8) is 0 Å². The molecule has 5 rings (SSSR count). The fourth-order valence-corrected chi connectivity index (χ4v) is 4.92. The third-order valence-corrected chi connectivity index (χ3v) is 6.70. The summed E-state index contributed by atoms with van der Waals surface area (Å²) in [4.78, 5) is 14.9. The number of carbonyl (C=O) groups excluding carboxylic acids is 1. The number of methoxy groups -OCH3 is 1. The molecule has 0 saturated heterocycles. The number of carbonyl (C=O) groups is 1. The van der Waals surface area contributed by atoms with Crippen molar-refractivity contribution in [2.24, 2.45) is 0 Å². The van der Waals surface area contributed by atoms with Crippen molar-refractivity contribution < 1.29 is 9.53 Å². The van der Waals surface area contributed by atoms with Crippen LogP contribution < -0.4 is 9.64 Å². The molecule has 0 aliphatic carbocycles. The SMILES string of the molecule is COc1ccccc1-c1nnc(SCC(=O)N2CCc3ccccc32)n1-c1ccc(C)cc1. The molecule has 1 aliphatic heterocycles. The monoisotopic (exact) mass is 456 g/mol. The molecule has 0 saturated carbocycles. The number of hydrogen-bond donors (Lipinski definition) is 0. The first-order valence-corrected chi connectivity index (χ1v) is 11.8. The lowest BCUT2D eigenvalue weighted by molar-refractivity contribution is -0.116. The van der Waals surface area contributed by atoms with E-state index in [9.17, 15) is 4.79 Å². The van der Waals surface area contributed by atoms with Gasteiger partial charge < -0.3 is 9.64 Å². The van der Waals surface area contributed by atoms with Gasteiger partial charge in [0.15, 0.2) is 11.0 Å². The second kappa shape index (κ2) is 9.11. The smallest absolute Gasteiger partial charge is 0.237 e. The molecule has 33 heavy (non-hydrogen) atoms. The van der Waals surface area contributed by atoms with Crippen LogP contribution in [0.4, 0.5) is 5.69 Å². The summed E-state index contributed by atoms with van der Waals surface area (Å²) in [5, 5.41) is 9.62. The first kappa shape index (κ1) is 21.3. The minimum absolute atomic E-state index is 0.0715. The van der Waals surface area contributed by atoms with Crippen molar-refractivity contribution in [1.82, 2.24) is 14.8 Å². The number of aryl methyl sites for hydroxylation is 1. The number of hydrogen-bond acceptors (Lipinski definition) is 5. The van der Waals surface area contributed by atoms with Gasteiger partial charge in [-0.2, -0.15) is 0 Å². The summed E-state index contributed by atoms with van der Waals surface area (Å²) in [7, 11) is 1.65. The zero-order chi connectivity index (χ0) is 22.8. The van der Waals surface area contributed by atoms with Crippen LogP contribution in [0.5, 0.6) is 5.75 Å². The predicted molar refractivity (Wildman–Crippen MR) is 131 cm³/mol. The van der Waals surface area contributed by atoms with Gasteiger partial charge in [-0.1, -0.05) is 59.8 Å². The first-order chi connectivity index (χ1) is 16.2. The van der Waals surface area contributed by atoms with Crippen LogP contribution in [-0.4, -0.2) is 40.1 Å². The Balaban J connectivity index is 1.47. The van der Waals surface area contributed by atoms with Crippen molar-refractivity contribution in [2.45, 2.75) is 18.5 Å². The summed E-state index contributed by atoms with van der Waals surface area (Å²) in [6.07, 6.45) is 0.893. The standard InChI is InChI=1S/C26H24N4O2S/c1-18-11-13-20(14-12-18)30-25(21-8-4-6-10-23(21)32-2)27-28-26(30)33-17-24(31)29-16-15-19-7-3-5-9-22(19)29/h3-14H,15-17H2,1-2H3. The summed E-state index contributed by atoms with van der Waals surface area (Å²) < 4.78 is 7.56. The normalized spacial score (nSPS) is 12.6. The number of nitrogens with zero attached hydrogens (tertiary/aromatic N) is 4. The van der Waals surface area contributed by atoms with Crippen LogP contribution in [0.1, 0.15) is 11.1 Å². The van der Waals surface area contributed by atoms with E-state index in [1.165, 1.54) is 22.9 Å². The van der Waals surface area contributed by atoms with Crippen molar-refractivity contribution in [3.05, 3.63) is 83.9 Å². The Bertz CT molecular complexity index is 1300. The summed E-state index contributed by atoms with van der Waals surface area (Å²) in [5.74, 6) is 1.75. The van der Waals surface area contributed by atoms with Crippen LogP contribution in [0, 0.1) is 6.92 Å². The zero-order valence-electron chi connectivity index (χ0n) is 18.6. The number of aromatic nitrogens is 3. The molecule has 2 heterocycles. The molecule has 0 unspecified atom stereocenters. The van der Waals surface area contributed by atoms with E-state index in [4.69, 9.17) is 4.74 Å². The van der Waals surface area contributed by atoms with Gasteiger partial charge >= 0.3 is 0 Å². The third-order valence-electron chi connectivity index (χ3n) is 5.79. The van der Waals surface area contributed by atoms with E-state index in [-0.39, 0.29) is 11.7 Å². The fraction of sp³-hybridized carbons (Fsp3) is 0.192. The van der Waals surface area contributed by atoms with Crippen LogP contribution in [0.3, 0.4) is 0 Å². The molecule has 4 aromatic rings. The first-order valence-electron chi connectivity index (χ1n) is 10.8. The fourth-order valence-electron chi connectivity index (χ4n) is 4.10. The molecule has 0 atom stereocenters. The van der Waals surface area contributed by atoms with Gasteiger partial charge in [0, 0.05) is 17.9 Å². The van der Waals surface area contributed by atoms with Crippen molar-refractivity contribution in [2.75, 3.05) is 24.3 Å². The van der Waals surface area contributed by atoms with Gasteiger partial charge in [0.1, 0.15) is 5.75 Å². The lowest BCUT2D eigenvalue weighted by atomic mass is 10.1. The Morgan fingerprint density at radius 3 is 2.58 bits per heavy atom. The van der Waals surface area contributed by atoms with Gasteiger partial charge in [-0.15, -0.1) is 10.2 Å². The number of para-hydroxylation sites is 2. The molecule has 1 aliphatic rings. The van der Waals surface area contributed by atoms with Crippen molar-refractivity contribution in [3.8, 4) is 22.8 Å². The Kier molecular flexibility index (Phi) is 5.88. The second-order valence-corrected chi connectivity index (χ2v) is 8.83. The van der Waals surface area contributed by atoms with Crippen LogP contribution >= 0.6 is 11.8 Å². The Labute approximate surface area is 197 Å². The van der Waals surface area contributed by atoms with E-state index in [2.05, 4.69) is 35.3 Å². The molecule has 7 heteroatoms. The number of amides is 1. The number of ether oxygens (including phenoxy) is 1. The van der Waals surface area contributed by atoms with Gasteiger partial charge in [-0.25, -0.2) is 0 Å². The van der Waals surface area contributed by atoms with Gasteiger partial charge in [0.2, 0.25) is 5.91 Å². The zero-order valence-corrected chi connectivity index (χ0v) is 19.4. The number of thioether (sulfide) groups is 1. The Morgan fingerprint density at radius 1 is 1.00 bits per heavy atom. The van der Waals surface area contributed by atoms with Gasteiger partial charge in [-0.05, 0) is 49.2 Å². The summed E-state index contributed by atoms with van der Waals surface area (Å²) in [6.45, 7) is 2.77. The second-order valence-electron chi connectivity index (χ2n) is 7.89. The van der Waals surface area contributed by atoms with E-state index in [0.717, 1.165) is 35.7 Å². The molecule has 3 aromatic carbocycles. The number of fused-ring (bicyclic) bond motifs is 1. The molecular weight excluding hydrogens is 432 g/mol. The van der Waals surface area contributed by atoms with E-state index < -0.39 is 0 Å². The molecule has 1 aromatic heterocycles. The molecule has 0 spiro atoms. The minimum atomic E-state index is 0.0715. The maximum Gasteiger partial charge on any atom is 0.237 e. The van der Waals surface area contributed by atoms with Crippen LogP contribution in [0.2, 0.25) is 0 Å². The van der Waals surface area contributed by atoms with Crippen LogP contribution in [0.15, 0.2) is 78.0 Å². The van der Waals surface area contributed by atoms with Crippen LogP contribution in [0.25, 0.3) is 17.1 Å². The Morgan fingerprint density at radius 2 is 1.76 bits per heavy atom. The van der Waals surface area contributed by atoms with E-state index in [0.29, 0.717) is 11.0 Å². The quantitative estimate of drug-likeness (QED) is 0.385. The van der Waals surface area contributed by atoms with Gasteiger partial charge in [0.25, 0.3) is 0 Å². The third kappa shape index (κ3) is 4.12. The summed E-state index contributed by atoms with van der Waals surface area (Å²) >= 11 is 1.40. The average Bonchev–Trinajstić information content (AvgIpc) is 3.47. The van der Waals surface area contributed by atoms with E-state index in [1.807, 2.05) is 64.1 Å². The topological polar surface area (TPSA) is 60.3 Å². The summed E-state index contributed by atoms with van der Waals surface area (Å²) in [5.41, 5.74) is 5.19. The molecule has 1 amide bonds. The number of anilines is 1. The number of benzene rings is 3. The highest BCUT2D eigenvalue weighted by Gasteiger charge is 2.25. The average molecular weight is 457 g/mol. The van der Waals surface area contributed by atoms with E-state index in [1.54, 1.807) is 7.11 Å². The van der Waals surface area contributed by atoms with E-state index >= 15 is 0 Å². The number of rotatable bonds is 6. The Hall–Kier alpha value is -3.58. The van der Waals surface area contributed by atoms with Gasteiger partial charge in [-0.3, -0.25) is 9.36 Å². The molecular formula is C26H24N4O2S. The van der Waals surface area contributed by atoms with Crippen molar-refractivity contribution in [1.29, 1.82) is 0 Å². The minimum Gasteiger partial charge on any atom is -0.496 e. The van der Waals surface area contributed by atoms with Crippen molar-refractivity contribution >= 4 is 23.4 Å². The maximum atomic E-state index is 13.1. The van der Waals surface area contributed by atoms with Gasteiger partial charge in [0.05, 0.1) is 18.4 Å². The largest absolute Gasteiger partial charge is 0.496 e. The maximum absolute atomic E-state index is 13.1. The highest BCUT2D eigenvalue weighted by molar-refractivity contribution is 7.99. The predicted octanol–water partition coefficient (Wildman–Crippen LogP) is 4.93. The lowest BCUT2D eigenvalue weighted by Gasteiger charge is -2.17. The molecule has 0 fully saturated rings. The lowest BCUT2D eigenvalue weighted by Crippen LogP contribution is -2.30. The molecule has 0 bridgehead atoms. The molecule has 166 valence electrons. The summed E-state index contributed by atoms with van der Waals surface area (Å²) in [6, 6.07) is 24.0. The highest BCUT2D eigenvalue weighted by Crippen LogP contribution is 2.34. The molecule has 0 N–H and O–H groups in total.